The number of halogens is 2. The number of hydrogen-bond acceptors (Lipinski definition) is 8. The molecular formula is C34H27ClFN3O8. The van der Waals surface area contributed by atoms with E-state index in [-0.39, 0.29) is 52.0 Å². The number of rotatable bonds is 5. The number of nitro benzene ring substituents is 1. The minimum atomic E-state index is -1.48. The van der Waals surface area contributed by atoms with Gasteiger partial charge in [-0.25, -0.2) is 9.29 Å². The van der Waals surface area contributed by atoms with Gasteiger partial charge in [-0.15, -0.1) is 0 Å². The molecule has 3 aromatic carbocycles. The van der Waals surface area contributed by atoms with Crippen molar-refractivity contribution in [1.82, 2.24) is 0 Å². The van der Waals surface area contributed by atoms with Gasteiger partial charge in [0.15, 0.2) is 0 Å². The maximum atomic E-state index is 14.5. The highest BCUT2D eigenvalue weighted by Gasteiger charge is 2.68. The summed E-state index contributed by atoms with van der Waals surface area (Å²) in [4.78, 5) is 69.4. The summed E-state index contributed by atoms with van der Waals surface area (Å²) >= 11 is 6.05. The number of methoxy groups -OCH3 is 1. The fourth-order valence-electron chi connectivity index (χ4n) is 8.17. The summed E-state index contributed by atoms with van der Waals surface area (Å²) in [6, 6.07) is 13.3. The Balaban J connectivity index is 1.37. The Morgan fingerprint density at radius 1 is 0.979 bits per heavy atom. The maximum absolute atomic E-state index is 14.5. The highest BCUT2D eigenvalue weighted by atomic mass is 35.5. The molecule has 3 fully saturated rings. The minimum Gasteiger partial charge on any atom is -0.508 e. The molecule has 0 spiro atoms. The number of non-ortho nitro benzene ring substituents is 1. The standard InChI is InChI=1S/C34H27ClFN3O8/c1-34-22(31(42)38(33(34)44)18-10-13-24(36)23(35)14-18)15-21-19(29(34)28-25(40)4-3-5-26(28)47-2)11-12-20-27(21)32(43)37(30(20)41)16-6-8-17(9-7-16)39(45)46/h3-11,13-14,20-22,27,29,40H,12,15H2,1-2H3/t20-,21+,22-,27-,29+,34+/m0/s1. The molecule has 1 N–H and O–H groups in total. The molecule has 240 valence electrons. The zero-order chi connectivity index (χ0) is 33.5. The van der Waals surface area contributed by atoms with Gasteiger partial charge in [-0.2, -0.15) is 0 Å². The largest absolute Gasteiger partial charge is 0.508 e. The van der Waals surface area contributed by atoms with Crippen LogP contribution >= 0.6 is 11.6 Å². The average molecular weight is 660 g/mol. The highest BCUT2D eigenvalue weighted by molar-refractivity contribution is 6.32. The molecule has 3 aromatic rings. The number of allylic oxidation sites excluding steroid dienone is 2. The molecule has 0 bridgehead atoms. The molecule has 0 unspecified atom stereocenters. The smallest absolute Gasteiger partial charge is 0.269 e. The van der Waals surface area contributed by atoms with Crippen molar-refractivity contribution in [2.45, 2.75) is 25.7 Å². The van der Waals surface area contributed by atoms with Crippen molar-refractivity contribution in [2.24, 2.45) is 29.1 Å². The molecule has 7 rings (SSSR count). The van der Waals surface area contributed by atoms with E-state index in [1.807, 2.05) is 6.08 Å². The van der Waals surface area contributed by atoms with Gasteiger partial charge in [0.2, 0.25) is 23.6 Å². The molecule has 11 nitrogen and oxygen atoms in total. The number of carbonyl (C=O) groups is 4. The van der Waals surface area contributed by atoms with Crippen LogP contribution in [0.25, 0.3) is 0 Å². The van der Waals surface area contributed by atoms with Gasteiger partial charge in [-0.1, -0.05) is 29.3 Å². The van der Waals surface area contributed by atoms with Gasteiger partial charge in [-0.3, -0.25) is 34.2 Å². The topological polar surface area (TPSA) is 147 Å². The lowest BCUT2D eigenvalue weighted by molar-refractivity contribution is -0.384. The van der Waals surface area contributed by atoms with Crippen molar-refractivity contribution in [3.63, 3.8) is 0 Å². The van der Waals surface area contributed by atoms with Crippen molar-refractivity contribution in [3.05, 3.63) is 98.8 Å². The van der Waals surface area contributed by atoms with Crippen molar-refractivity contribution >= 4 is 52.3 Å². The molecule has 0 radical (unpaired) electrons. The molecule has 2 saturated heterocycles. The Bertz CT molecular complexity index is 1950. The van der Waals surface area contributed by atoms with Gasteiger partial charge in [0, 0.05) is 23.6 Å². The second-order valence-corrected chi connectivity index (χ2v) is 12.8. The summed E-state index contributed by atoms with van der Waals surface area (Å²) in [6.07, 6.45) is 2.01. The van der Waals surface area contributed by atoms with Crippen LogP contribution in [0, 0.1) is 45.0 Å². The van der Waals surface area contributed by atoms with Gasteiger partial charge in [0.25, 0.3) is 5.69 Å². The number of anilines is 2. The summed E-state index contributed by atoms with van der Waals surface area (Å²) in [5.74, 6) is -7.11. The van der Waals surface area contributed by atoms with Crippen LogP contribution in [0.2, 0.25) is 5.02 Å². The van der Waals surface area contributed by atoms with Gasteiger partial charge >= 0.3 is 0 Å². The predicted octanol–water partition coefficient (Wildman–Crippen LogP) is 5.54. The number of hydrogen-bond donors (Lipinski definition) is 1. The summed E-state index contributed by atoms with van der Waals surface area (Å²) in [7, 11) is 1.42. The second kappa shape index (κ2) is 10.7. The van der Waals surface area contributed by atoms with Gasteiger partial charge in [-0.05, 0) is 68.1 Å². The number of fused-ring (bicyclic) bond motifs is 4. The van der Waals surface area contributed by atoms with E-state index in [0.29, 0.717) is 5.57 Å². The summed E-state index contributed by atoms with van der Waals surface area (Å²) < 4.78 is 19.8. The van der Waals surface area contributed by atoms with Crippen LogP contribution < -0.4 is 14.5 Å². The van der Waals surface area contributed by atoms with E-state index in [1.165, 1.54) is 49.6 Å². The first-order valence-electron chi connectivity index (χ1n) is 14.9. The third kappa shape index (κ3) is 4.23. The zero-order valence-electron chi connectivity index (χ0n) is 25.1. The number of nitro groups is 1. The van der Waals surface area contributed by atoms with Crippen LogP contribution in [0.4, 0.5) is 21.5 Å². The summed E-state index contributed by atoms with van der Waals surface area (Å²) in [5.41, 5.74) is -0.526. The first kappa shape index (κ1) is 30.5. The Hall–Kier alpha value is -5.10. The summed E-state index contributed by atoms with van der Waals surface area (Å²) in [5, 5.41) is 22.2. The Morgan fingerprint density at radius 3 is 2.34 bits per heavy atom. The number of phenols is 1. The lowest BCUT2D eigenvalue weighted by atomic mass is 9.51. The molecule has 0 aromatic heterocycles. The average Bonchev–Trinajstić information content (AvgIpc) is 3.42. The second-order valence-electron chi connectivity index (χ2n) is 12.4. The van der Waals surface area contributed by atoms with Gasteiger partial charge in [0.1, 0.15) is 17.3 Å². The highest BCUT2D eigenvalue weighted by Crippen LogP contribution is 2.65. The molecule has 2 aliphatic heterocycles. The van der Waals surface area contributed by atoms with E-state index >= 15 is 0 Å². The van der Waals surface area contributed by atoms with Crippen LogP contribution in [0.5, 0.6) is 11.5 Å². The Labute approximate surface area is 272 Å². The molecular weight excluding hydrogens is 633 g/mol. The molecule has 1 saturated carbocycles. The maximum Gasteiger partial charge on any atom is 0.269 e. The van der Waals surface area contributed by atoms with E-state index < -0.39 is 69.4 Å². The zero-order valence-corrected chi connectivity index (χ0v) is 25.8. The van der Waals surface area contributed by atoms with Gasteiger partial charge in [0.05, 0.1) is 51.6 Å². The predicted molar refractivity (Wildman–Crippen MR) is 166 cm³/mol. The molecule has 6 atom stereocenters. The van der Waals surface area contributed by atoms with Crippen molar-refractivity contribution in [3.8, 4) is 11.5 Å². The van der Waals surface area contributed by atoms with E-state index in [0.717, 1.165) is 15.9 Å². The lowest BCUT2D eigenvalue weighted by Gasteiger charge is -2.49. The number of aromatic hydroxyl groups is 1. The van der Waals surface area contributed by atoms with Gasteiger partial charge < -0.3 is 9.84 Å². The number of benzene rings is 3. The first-order chi connectivity index (χ1) is 22.4. The van der Waals surface area contributed by atoms with Crippen LogP contribution in [0.3, 0.4) is 0 Å². The number of imide groups is 2. The van der Waals surface area contributed by atoms with E-state index in [4.69, 9.17) is 16.3 Å². The van der Waals surface area contributed by atoms with Crippen molar-refractivity contribution in [2.75, 3.05) is 16.9 Å². The fraction of sp³-hybridized carbons (Fsp3) is 0.294. The Morgan fingerprint density at radius 2 is 1.68 bits per heavy atom. The fourth-order valence-corrected chi connectivity index (χ4v) is 8.35. The number of ether oxygens (including phenoxy) is 1. The van der Waals surface area contributed by atoms with Crippen molar-refractivity contribution in [1.29, 1.82) is 0 Å². The Kier molecular flexibility index (Phi) is 6.97. The van der Waals surface area contributed by atoms with Crippen molar-refractivity contribution < 1.29 is 38.3 Å². The summed E-state index contributed by atoms with van der Waals surface area (Å²) in [6.45, 7) is 1.65. The van der Waals surface area contributed by atoms with Crippen LogP contribution in [0.15, 0.2) is 72.3 Å². The third-order valence-corrected chi connectivity index (χ3v) is 10.6. The van der Waals surface area contributed by atoms with E-state index in [1.54, 1.807) is 19.1 Å². The van der Waals surface area contributed by atoms with Crippen LogP contribution in [-0.2, 0) is 19.2 Å². The van der Waals surface area contributed by atoms with E-state index in [2.05, 4.69) is 0 Å². The van der Waals surface area contributed by atoms with E-state index in [9.17, 15) is 38.8 Å². The molecule has 13 heteroatoms. The monoisotopic (exact) mass is 659 g/mol. The number of carbonyl (C=O) groups excluding carboxylic acids is 4. The van der Waals surface area contributed by atoms with Crippen LogP contribution in [0.1, 0.15) is 31.2 Å². The number of nitrogens with zero attached hydrogens (tertiary/aromatic N) is 3. The lowest BCUT2D eigenvalue weighted by Crippen LogP contribution is -2.49. The number of amides is 4. The minimum absolute atomic E-state index is 0.0407. The third-order valence-electron chi connectivity index (χ3n) is 10.3. The normalized spacial score (nSPS) is 28.2. The molecule has 2 heterocycles. The molecule has 4 amide bonds. The van der Waals surface area contributed by atoms with Crippen LogP contribution in [-0.4, -0.2) is 40.8 Å². The quantitative estimate of drug-likeness (QED) is 0.163. The molecule has 4 aliphatic rings. The number of phenolic OH excluding ortho intramolecular Hbond substituents is 1. The first-order valence-corrected chi connectivity index (χ1v) is 15.3. The molecule has 2 aliphatic carbocycles. The SMILES string of the molecule is COc1cccc(O)c1[C@H]1C2=CC[C@@H]3C(=O)N(c4ccc([N+](=O)[O-])cc4)C(=O)[C@@H]3[C@@H]2C[C@H]2C(=O)N(c3ccc(F)c(Cl)c3)C(=O)[C@@]12C. The molecule has 47 heavy (non-hydrogen) atoms.